The summed E-state index contributed by atoms with van der Waals surface area (Å²) in [6, 6.07) is 0. The Hall–Kier alpha value is 0.430. The normalized spacial score (nSPS) is 13.5. The van der Waals surface area contributed by atoms with Crippen LogP contribution in [0.3, 0.4) is 0 Å². The van der Waals surface area contributed by atoms with E-state index in [2.05, 4.69) is 9.59 Å². The van der Waals surface area contributed by atoms with Crippen LogP contribution in [0.1, 0.15) is 10.3 Å². The summed E-state index contributed by atoms with van der Waals surface area (Å²) >= 11 is 0.668. The zero-order valence-corrected chi connectivity index (χ0v) is 9.67. The number of aromatic nitrogens is 2. The van der Waals surface area contributed by atoms with Crippen LogP contribution in [0.5, 0.6) is 0 Å². The molecule has 9 heteroatoms. The van der Waals surface area contributed by atoms with Gasteiger partial charge >= 0.3 is 29.6 Å². The van der Waals surface area contributed by atoms with Crippen LogP contribution in [0.15, 0.2) is 6.20 Å². The van der Waals surface area contributed by atoms with Crippen LogP contribution in [-0.4, -0.2) is 27.7 Å². The molecule has 6 nitrogen and oxygen atoms in total. The molecule has 0 fully saturated rings. The monoisotopic (exact) mass is 218 g/mol. The first-order valence-electron chi connectivity index (χ1n) is 2.42. The first-order chi connectivity index (χ1) is 5.02. The maximum absolute atomic E-state index is 10.2. The molecule has 1 unspecified atom stereocenters. The standard InChI is InChI=1S/C3H4N2O4S2.Na/c6-3(11(7,8)9)2-1-4-5-10-2;/h1,3,6H,(H,7,8,9);/q;+1/p-1. The molecule has 12 heavy (non-hydrogen) atoms. The first kappa shape index (κ1) is 12.4. The van der Waals surface area contributed by atoms with E-state index in [1.807, 2.05) is 0 Å². The van der Waals surface area contributed by atoms with Gasteiger partial charge in [-0.05, 0) is 11.5 Å². The predicted molar refractivity (Wildman–Crippen MR) is 34.6 cm³/mol. The Bertz CT molecular complexity index is 322. The Balaban J connectivity index is 0.00000121. The number of aliphatic hydroxyl groups is 1. The summed E-state index contributed by atoms with van der Waals surface area (Å²) < 4.78 is 33.8. The Morgan fingerprint density at radius 2 is 2.25 bits per heavy atom. The van der Waals surface area contributed by atoms with Crippen molar-refractivity contribution in [3.8, 4) is 0 Å². The predicted octanol–water partition coefficient (Wildman–Crippen LogP) is -3.92. The third kappa shape index (κ3) is 3.05. The molecule has 0 aliphatic rings. The van der Waals surface area contributed by atoms with Crippen LogP contribution in [0.25, 0.3) is 0 Å². The Kier molecular flexibility index (Phi) is 4.77. The van der Waals surface area contributed by atoms with Crippen LogP contribution in [0.2, 0.25) is 0 Å². The molecule has 0 spiro atoms. The fraction of sp³-hybridized carbons (Fsp3) is 0.333. The van der Waals surface area contributed by atoms with Crippen molar-refractivity contribution in [2.75, 3.05) is 0 Å². The number of hydrogen-bond acceptors (Lipinski definition) is 7. The third-order valence-corrected chi connectivity index (χ3v) is 2.56. The van der Waals surface area contributed by atoms with Gasteiger partial charge in [-0.15, -0.1) is 5.10 Å². The molecule has 1 rings (SSSR count). The van der Waals surface area contributed by atoms with Gasteiger partial charge < -0.3 is 9.66 Å². The maximum atomic E-state index is 10.2. The summed E-state index contributed by atoms with van der Waals surface area (Å²) in [7, 11) is -4.69. The Labute approximate surface area is 94.8 Å². The Morgan fingerprint density at radius 1 is 1.67 bits per heavy atom. The SMILES string of the molecule is O=S(=O)([O-])C(O)c1cnns1.[Na+]. The molecule has 0 aliphatic heterocycles. The second-order valence-corrected chi connectivity index (χ2v) is 3.91. The number of hydrogen-bond donors (Lipinski definition) is 1. The van der Waals surface area contributed by atoms with Crippen molar-refractivity contribution in [2.24, 2.45) is 0 Å². The van der Waals surface area contributed by atoms with Crippen LogP contribution < -0.4 is 29.6 Å². The van der Waals surface area contributed by atoms with Gasteiger partial charge in [-0.1, -0.05) is 4.49 Å². The van der Waals surface area contributed by atoms with Gasteiger partial charge in [0.15, 0.2) is 5.44 Å². The molecule has 0 saturated heterocycles. The zero-order chi connectivity index (χ0) is 8.48. The molecular formula is C3H3N2NaO4S2. The van der Waals surface area contributed by atoms with E-state index in [1.54, 1.807) is 0 Å². The van der Waals surface area contributed by atoms with Gasteiger partial charge in [-0.25, -0.2) is 8.42 Å². The van der Waals surface area contributed by atoms with Crippen molar-refractivity contribution in [3.05, 3.63) is 11.1 Å². The fourth-order valence-electron chi connectivity index (χ4n) is 0.426. The fourth-order valence-corrected chi connectivity index (χ4v) is 1.63. The van der Waals surface area contributed by atoms with Crippen LogP contribution in [-0.2, 0) is 10.1 Å². The second kappa shape index (κ2) is 4.61. The van der Waals surface area contributed by atoms with Crippen molar-refractivity contribution < 1.29 is 47.6 Å². The topological polar surface area (TPSA) is 103 Å². The molecule has 0 radical (unpaired) electrons. The summed E-state index contributed by atoms with van der Waals surface area (Å²) in [6.45, 7) is 0. The van der Waals surface area contributed by atoms with E-state index in [1.165, 1.54) is 0 Å². The maximum Gasteiger partial charge on any atom is 1.00 e. The minimum absolute atomic E-state index is 0. The van der Waals surface area contributed by atoms with Crippen molar-refractivity contribution in [3.63, 3.8) is 0 Å². The molecule has 0 bridgehead atoms. The number of nitrogens with zero attached hydrogens (tertiary/aromatic N) is 2. The van der Waals surface area contributed by atoms with E-state index in [4.69, 9.17) is 5.11 Å². The van der Waals surface area contributed by atoms with Gasteiger partial charge in [0.2, 0.25) is 0 Å². The van der Waals surface area contributed by atoms with Crippen molar-refractivity contribution in [1.29, 1.82) is 0 Å². The summed E-state index contributed by atoms with van der Waals surface area (Å²) in [4.78, 5) is -0.0694. The first-order valence-corrected chi connectivity index (χ1v) is 4.66. The molecule has 1 aromatic heterocycles. The number of rotatable bonds is 2. The zero-order valence-electron chi connectivity index (χ0n) is 6.04. The Morgan fingerprint density at radius 3 is 2.58 bits per heavy atom. The third-order valence-electron chi connectivity index (χ3n) is 0.895. The van der Waals surface area contributed by atoms with E-state index in [0.717, 1.165) is 6.20 Å². The van der Waals surface area contributed by atoms with Crippen molar-refractivity contribution >= 4 is 21.7 Å². The average molecular weight is 218 g/mol. The summed E-state index contributed by atoms with van der Waals surface area (Å²) in [5.74, 6) is 0. The van der Waals surface area contributed by atoms with Gasteiger partial charge in [0, 0.05) is 0 Å². The minimum Gasteiger partial charge on any atom is -0.746 e. The van der Waals surface area contributed by atoms with E-state index >= 15 is 0 Å². The van der Waals surface area contributed by atoms with Gasteiger partial charge in [0.25, 0.3) is 0 Å². The molecule has 1 aromatic rings. The van der Waals surface area contributed by atoms with E-state index in [9.17, 15) is 13.0 Å². The number of aliphatic hydroxyl groups excluding tert-OH is 1. The smallest absolute Gasteiger partial charge is 0.746 e. The summed E-state index contributed by atoms with van der Waals surface area (Å²) in [5.41, 5.74) is -2.04. The summed E-state index contributed by atoms with van der Waals surface area (Å²) in [5, 5.41) is 12.0. The molecule has 0 amide bonds. The average Bonchev–Trinajstić information content (AvgIpc) is 2.34. The van der Waals surface area contributed by atoms with Gasteiger partial charge in [0.1, 0.15) is 10.1 Å². The minimum atomic E-state index is -4.69. The molecule has 0 aromatic carbocycles. The largest absolute Gasteiger partial charge is 1.00 e. The quantitative estimate of drug-likeness (QED) is 0.402. The molecule has 1 N–H and O–H groups in total. The van der Waals surface area contributed by atoms with E-state index < -0.39 is 15.6 Å². The molecule has 1 heterocycles. The van der Waals surface area contributed by atoms with Crippen LogP contribution in [0.4, 0.5) is 0 Å². The molecule has 0 aliphatic carbocycles. The molecule has 1 atom stereocenters. The van der Waals surface area contributed by atoms with E-state index in [-0.39, 0.29) is 34.4 Å². The molecule has 62 valence electrons. The van der Waals surface area contributed by atoms with E-state index in [0.29, 0.717) is 11.5 Å². The van der Waals surface area contributed by atoms with Crippen LogP contribution in [0, 0.1) is 0 Å². The second-order valence-electron chi connectivity index (χ2n) is 1.67. The molecular weight excluding hydrogens is 215 g/mol. The van der Waals surface area contributed by atoms with Gasteiger partial charge in [-0.2, -0.15) is 0 Å². The summed E-state index contributed by atoms with van der Waals surface area (Å²) in [6.07, 6.45) is 1.03. The van der Waals surface area contributed by atoms with Crippen molar-refractivity contribution in [2.45, 2.75) is 5.44 Å². The van der Waals surface area contributed by atoms with Gasteiger partial charge in [-0.3, -0.25) is 0 Å². The van der Waals surface area contributed by atoms with Crippen molar-refractivity contribution in [1.82, 2.24) is 9.59 Å². The van der Waals surface area contributed by atoms with Gasteiger partial charge in [0.05, 0.1) is 11.1 Å². The van der Waals surface area contributed by atoms with Crippen LogP contribution >= 0.6 is 11.5 Å². The molecule has 0 saturated carbocycles.